The van der Waals surface area contributed by atoms with E-state index in [4.69, 9.17) is 0 Å². The van der Waals surface area contributed by atoms with Gasteiger partial charge in [-0.3, -0.25) is 14.4 Å². The number of carbonyl (C=O) groups excluding carboxylic acids is 2. The Balaban J connectivity index is 1.72. The monoisotopic (exact) mass is 368 g/mol. The van der Waals surface area contributed by atoms with Crippen molar-refractivity contribution in [2.24, 2.45) is 0 Å². The molecular weight excluding hydrogens is 344 g/mol. The van der Waals surface area contributed by atoms with E-state index in [2.05, 4.69) is 10.3 Å². The number of hydrogen-bond acceptors (Lipinski definition) is 4. The largest absolute Gasteiger partial charge is 0.341 e. The number of H-pyrrole nitrogens is 1. The summed E-state index contributed by atoms with van der Waals surface area (Å²) in [6.07, 6.45) is 2.02. The molecule has 0 spiro atoms. The van der Waals surface area contributed by atoms with Gasteiger partial charge in [-0.2, -0.15) is 0 Å². The van der Waals surface area contributed by atoms with Crippen LogP contribution in [0.2, 0.25) is 0 Å². The Labute approximate surface area is 157 Å². The Kier molecular flexibility index (Phi) is 4.70. The number of aromatic nitrogens is 1. The lowest BCUT2D eigenvalue weighted by atomic mass is 10.0. The minimum atomic E-state index is -0.525. The highest BCUT2D eigenvalue weighted by atomic mass is 16.2. The fourth-order valence-corrected chi connectivity index (χ4v) is 4.02. The molecule has 2 saturated heterocycles. The first-order valence-electron chi connectivity index (χ1n) is 9.49. The minimum Gasteiger partial charge on any atom is -0.341 e. The van der Waals surface area contributed by atoms with Gasteiger partial charge in [0.15, 0.2) is 0 Å². The molecule has 2 fully saturated rings. The van der Waals surface area contributed by atoms with Gasteiger partial charge in [-0.25, -0.2) is 0 Å². The second-order valence-corrected chi connectivity index (χ2v) is 7.35. The van der Waals surface area contributed by atoms with Gasteiger partial charge in [0, 0.05) is 49.7 Å². The molecule has 2 amide bonds. The van der Waals surface area contributed by atoms with Crippen molar-refractivity contribution in [2.75, 3.05) is 32.7 Å². The lowest BCUT2D eigenvalue weighted by molar-refractivity contribution is -0.135. The van der Waals surface area contributed by atoms with Crippen molar-refractivity contribution in [2.45, 2.75) is 25.8 Å². The number of nitrogens with one attached hydrogen (secondary N) is 2. The van der Waals surface area contributed by atoms with Crippen LogP contribution in [-0.2, 0) is 4.79 Å². The van der Waals surface area contributed by atoms with Gasteiger partial charge in [0.25, 0.3) is 5.91 Å². The first kappa shape index (κ1) is 17.7. The maximum absolute atomic E-state index is 13.4. The van der Waals surface area contributed by atoms with Crippen molar-refractivity contribution in [3.63, 3.8) is 0 Å². The fraction of sp³-hybridized carbons (Fsp3) is 0.450. The van der Waals surface area contributed by atoms with Crippen LogP contribution in [0.5, 0.6) is 0 Å². The smallest absolute Gasteiger partial charge is 0.255 e. The summed E-state index contributed by atoms with van der Waals surface area (Å²) in [6.45, 7) is 4.98. The fourth-order valence-electron chi connectivity index (χ4n) is 4.02. The van der Waals surface area contributed by atoms with Gasteiger partial charge in [-0.1, -0.05) is 11.6 Å². The molecule has 1 aromatic heterocycles. The maximum Gasteiger partial charge on any atom is 0.255 e. The van der Waals surface area contributed by atoms with E-state index in [0.717, 1.165) is 31.5 Å². The number of carbonyl (C=O) groups is 2. The lowest BCUT2D eigenvalue weighted by Gasteiger charge is -2.37. The molecule has 1 atom stereocenters. The van der Waals surface area contributed by atoms with E-state index < -0.39 is 6.04 Å². The number of aryl methyl sites for hydroxylation is 1. The Morgan fingerprint density at radius 2 is 1.89 bits per heavy atom. The van der Waals surface area contributed by atoms with E-state index in [-0.39, 0.29) is 17.4 Å². The number of likely N-dealkylation sites (tertiary alicyclic amines) is 1. The number of benzene rings is 1. The normalized spacial score (nSPS) is 20.3. The van der Waals surface area contributed by atoms with Crippen molar-refractivity contribution in [1.82, 2.24) is 20.1 Å². The average molecular weight is 368 g/mol. The van der Waals surface area contributed by atoms with Gasteiger partial charge in [-0.05, 0) is 31.9 Å². The third-order valence-electron chi connectivity index (χ3n) is 5.44. The van der Waals surface area contributed by atoms with Crippen LogP contribution in [0.4, 0.5) is 0 Å². The third-order valence-corrected chi connectivity index (χ3v) is 5.44. The van der Waals surface area contributed by atoms with Crippen LogP contribution >= 0.6 is 0 Å². The highest BCUT2D eigenvalue weighted by Crippen LogP contribution is 2.21. The molecule has 3 heterocycles. The van der Waals surface area contributed by atoms with Gasteiger partial charge >= 0.3 is 0 Å². The van der Waals surface area contributed by atoms with Crippen LogP contribution in [0.15, 0.2) is 29.1 Å². The van der Waals surface area contributed by atoms with Crippen LogP contribution in [0.3, 0.4) is 0 Å². The Bertz CT molecular complexity index is 946. The molecule has 0 unspecified atom stereocenters. The average Bonchev–Trinajstić information content (AvgIpc) is 3.21. The summed E-state index contributed by atoms with van der Waals surface area (Å²) in [5.74, 6) is -0.255. The van der Waals surface area contributed by atoms with Crippen molar-refractivity contribution in [3.8, 4) is 0 Å². The standard InChI is InChI=1S/C20H24N4O3/c1-13-4-5-16-14(10-13)15(11-18(25)22-16)19(26)24-9-6-21-12-17(24)20(27)23-7-2-3-8-23/h4-5,10-11,17,21H,2-3,6-9,12H2,1H3,(H,22,25)/t17-/m0/s1. The summed E-state index contributed by atoms with van der Waals surface area (Å²) in [5, 5.41) is 3.94. The molecule has 2 aliphatic heterocycles. The number of pyridine rings is 1. The number of fused-ring (bicyclic) bond motifs is 1. The van der Waals surface area contributed by atoms with Crippen molar-refractivity contribution in [1.29, 1.82) is 0 Å². The zero-order valence-electron chi connectivity index (χ0n) is 15.5. The maximum atomic E-state index is 13.4. The van der Waals surface area contributed by atoms with Crippen LogP contribution < -0.4 is 10.9 Å². The van der Waals surface area contributed by atoms with Gasteiger partial charge in [0.1, 0.15) is 6.04 Å². The van der Waals surface area contributed by atoms with Crippen molar-refractivity contribution in [3.05, 3.63) is 45.7 Å². The summed E-state index contributed by atoms with van der Waals surface area (Å²) in [6, 6.07) is 6.44. The van der Waals surface area contributed by atoms with E-state index in [9.17, 15) is 14.4 Å². The summed E-state index contributed by atoms with van der Waals surface area (Å²) in [4.78, 5) is 44.7. The number of nitrogens with zero attached hydrogens (tertiary/aromatic N) is 2. The summed E-state index contributed by atoms with van der Waals surface area (Å²) in [5.41, 5.74) is 1.69. The zero-order chi connectivity index (χ0) is 19.0. The molecule has 27 heavy (non-hydrogen) atoms. The molecule has 7 nitrogen and oxygen atoms in total. The number of amides is 2. The molecule has 142 valence electrons. The molecule has 2 aliphatic rings. The molecular formula is C20H24N4O3. The molecule has 4 rings (SSSR count). The Morgan fingerprint density at radius 3 is 2.67 bits per heavy atom. The second kappa shape index (κ2) is 7.15. The van der Waals surface area contributed by atoms with Gasteiger partial charge in [0.05, 0.1) is 5.56 Å². The molecule has 0 radical (unpaired) electrons. The lowest BCUT2D eigenvalue weighted by Crippen LogP contribution is -2.60. The van der Waals surface area contributed by atoms with E-state index >= 15 is 0 Å². The first-order valence-corrected chi connectivity index (χ1v) is 9.49. The van der Waals surface area contributed by atoms with Crippen molar-refractivity contribution < 1.29 is 9.59 Å². The Hall–Kier alpha value is -2.67. The second-order valence-electron chi connectivity index (χ2n) is 7.35. The summed E-state index contributed by atoms with van der Waals surface area (Å²) < 4.78 is 0. The van der Waals surface area contributed by atoms with Gasteiger partial charge in [-0.15, -0.1) is 0 Å². The van der Waals surface area contributed by atoms with E-state index in [1.165, 1.54) is 6.07 Å². The quantitative estimate of drug-likeness (QED) is 0.824. The van der Waals surface area contributed by atoms with E-state index in [1.807, 2.05) is 30.0 Å². The van der Waals surface area contributed by atoms with Crippen LogP contribution in [0.25, 0.3) is 10.9 Å². The number of rotatable bonds is 2. The van der Waals surface area contributed by atoms with E-state index in [1.54, 1.807) is 4.90 Å². The third kappa shape index (κ3) is 3.35. The number of aromatic amines is 1. The van der Waals surface area contributed by atoms with Crippen molar-refractivity contribution >= 4 is 22.7 Å². The van der Waals surface area contributed by atoms with Gasteiger partial charge < -0.3 is 20.1 Å². The highest BCUT2D eigenvalue weighted by molar-refractivity contribution is 6.07. The first-order chi connectivity index (χ1) is 13.0. The van der Waals surface area contributed by atoms with Crippen LogP contribution in [0.1, 0.15) is 28.8 Å². The summed E-state index contributed by atoms with van der Waals surface area (Å²) in [7, 11) is 0. The molecule has 7 heteroatoms. The number of piperazine rings is 1. The van der Waals surface area contributed by atoms with Crippen LogP contribution in [-0.4, -0.2) is 65.4 Å². The minimum absolute atomic E-state index is 0.00150. The van der Waals surface area contributed by atoms with Gasteiger partial charge in [0.2, 0.25) is 11.5 Å². The Morgan fingerprint density at radius 1 is 1.11 bits per heavy atom. The van der Waals surface area contributed by atoms with E-state index in [0.29, 0.717) is 36.1 Å². The number of hydrogen-bond donors (Lipinski definition) is 2. The predicted octanol–water partition coefficient (Wildman–Crippen LogP) is 0.873. The topological polar surface area (TPSA) is 85.5 Å². The SMILES string of the molecule is Cc1ccc2[nH]c(=O)cc(C(=O)N3CCNC[C@H]3C(=O)N3CCCC3)c2c1. The zero-order valence-corrected chi connectivity index (χ0v) is 15.5. The molecule has 2 aromatic rings. The molecule has 0 bridgehead atoms. The molecule has 0 aliphatic carbocycles. The predicted molar refractivity (Wildman–Crippen MR) is 103 cm³/mol. The molecule has 0 saturated carbocycles. The summed E-state index contributed by atoms with van der Waals surface area (Å²) >= 11 is 0. The van der Waals surface area contributed by atoms with Crippen LogP contribution in [0, 0.1) is 6.92 Å². The molecule has 2 N–H and O–H groups in total. The highest BCUT2D eigenvalue weighted by Gasteiger charge is 2.36. The molecule has 1 aromatic carbocycles.